The van der Waals surface area contributed by atoms with Crippen molar-refractivity contribution in [2.75, 3.05) is 0 Å². The van der Waals surface area contributed by atoms with Crippen LogP contribution in [0.3, 0.4) is 0 Å². The predicted molar refractivity (Wildman–Crippen MR) is 57.3 cm³/mol. The summed E-state index contributed by atoms with van der Waals surface area (Å²) in [6.45, 7) is 1.55. The van der Waals surface area contributed by atoms with Gasteiger partial charge in [0.25, 0.3) is 5.54 Å². The van der Waals surface area contributed by atoms with Crippen LogP contribution in [0.5, 0.6) is 0 Å². The molecule has 0 saturated heterocycles. The van der Waals surface area contributed by atoms with Gasteiger partial charge in [0.15, 0.2) is 0 Å². The summed E-state index contributed by atoms with van der Waals surface area (Å²) in [7, 11) is 0. The topological polar surface area (TPSA) is 86.3 Å². The van der Waals surface area contributed by atoms with Gasteiger partial charge in [-0.25, -0.2) is 0 Å². The second-order valence-corrected chi connectivity index (χ2v) is 6.89. The van der Waals surface area contributed by atoms with Crippen LogP contribution in [0.15, 0.2) is 0 Å². The molecule has 92 valence electrons. The van der Waals surface area contributed by atoms with Crippen LogP contribution < -0.4 is 0 Å². The lowest BCUT2D eigenvalue weighted by molar-refractivity contribution is -0.765. The normalized spacial score (nSPS) is 68.8. The summed E-state index contributed by atoms with van der Waals surface area (Å²) in [6.07, 6.45) is 0. The lowest BCUT2D eigenvalue weighted by Crippen LogP contribution is -3.11. The van der Waals surface area contributed by atoms with E-state index in [-0.39, 0.29) is 21.7 Å². The smallest absolute Gasteiger partial charge is 0.251 e. The van der Waals surface area contributed by atoms with E-state index in [1.165, 1.54) is 0 Å². The van der Waals surface area contributed by atoms with Crippen molar-refractivity contribution in [2.24, 2.45) is 23.7 Å². The van der Waals surface area contributed by atoms with Gasteiger partial charge in [-0.3, -0.25) is 20.2 Å². The molecule has 8 atom stereocenters. The zero-order chi connectivity index (χ0) is 12.5. The molecule has 4 aliphatic carbocycles. The molecule has 0 N–H and O–H groups in total. The average Bonchev–Trinajstić information content (AvgIpc) is 2.20. The van der Waals surface area contributed by atoms with E-state index < -0.39 is 33.2 Å². The molecule has 6 nitrogen and oxygen atoms in total. The first-order valence-corrected chi connectivity index (χ1v) is 6.21. The van der Waals surface area contributed by atoms with Crippen molar-refractivity contribution in [3.05, 3.63) is 20.2 Å². The molecule has 4 aliphatic rings. The Kier molecular flexibility index (Phi) is 1.31. The molecule has 17 heavy (non-hydrogen) atoms. The third kappa shape index (κ3) is 0.526. The zero-order valence-corrected chi connectivity index (χ0v) is 10.2. The van der Waals surface area contributed by atoms with Gasteiger partial charge in [-0.15, -0.1) is 23.2 Å². The van der Waals surface area contributed by atoms with E-state index in [1.54, 1.807) is 6.92 Å². The van der Waals surface area contributed by atoms with Crippen molar-refractivity contribution >= 4 is 23.2 Å². The summed E-state index contributed by atoms with van der Waals surface area (Å²) in [5.74, 6) is -1.38. The molecule has 0 aromatic carbocycles. The van der Waals surface area contributed by atoms with Gasteiger partial charge in [0, 0.05) is 16.8 Å². The molecule has 4 saturated carbocycles. The van der Waals surface area contributed by atoms with Crippen molar-refractivity contribution in [2.45, 2.75) is 28.3 Å². The summed E-state index contributed by atoms with van der Waals surface area (Å²) >= 11 is 12.4. The molecule has 0 aromatic heterocycles. The Morgan fingerprint density at radius 3 is 2.12 bits per heavy atom. The fraction of sp³-hybridized carbons (Fsp3) is 1.00. The molecule has 4 rings (SSSR count). The molecule has 0 amide bonds. The summed E-state index contributed by atoms with van der Waals surface area (Å²) < 4.78 is 0. The fourth-order valence-electron chi connectivity index (χ4n) is 5.45. The van der Waals surface area contributed by atoms with Gasteiger partial charge in [-0.05, 0) is 0 Å². The third-order valence-corrected chi connectivity index (χ3v) is 7.43. The molecule has 0 bridgehead atoms. The van der Waals surface area contributed by atoms with Gasteiger partial charge in [0.2, 0.25) is 5.54 Å². The average molecular weight is 279 g/mol. The van der Waals surface area contributed by atoms with Crippen LogP contribution in [0.2, 0.25) is 0 Å². The Morgan fingerprint density at radius 1 is 1.12 bits per heavy atom. The second kappa shape index (κ2) is 2.16. The minimum absolute atomic E-state index is 0.231. The van der Waals surface area contributed by atoms with Gasteiger partial charge < -0.3 is 0 Å². The van der Waals surface area contributed by atoms with E-state index in [9.17, 15) is 20.2 Å². The van der Waals surface area contributed by atoms with Crippen LogP contribution in [0.4, 0.5) is 0 Å². The molecule has 8 unspecified atom stereocenters. The van der Waals surface area contributed by atoms with Gasteiger partial charge in [0.05, 0.1) is 29.0 Å². The van der Waals surface area contributed by atoms with Crippen molar-refractivity contribution in [3.63, 3.8) is 0 Å². The molecule has 0 aliphatic heterocycles. The Labute approximate surface area is 106 Å². The van der Waals surface area contributed by atoms with E-state index >= 15 is 0 Å². The lowest BCUT2D eigenvalue weighted by Gasteiger charge is -2.90. The van der Waals surface area contributed by atoms with Gasteiger partial charge in [0.1, 0.15) is 4.87 Å². The molecular formula is C9H8Cl2N2O4. The summed E-state index contributed by atoms with van der Waals surface area (Å²) in [6, 6.07) is 0. The van der Waals surface area contributed by atoms with E-state index in [0.717, 1.165) is 0 Å². The van der Waals surface area contributed by atoms with E-state index in [0.29, 0.717) is 0 Å². The predicted octanol–water partition coefficient (Wildman–Crippen LogP) is 1.14. The van der Waals surface area contributed by atoms with Crippen molar-refractivity contribution in [1.82, 2.24) is 0 Å². The number of hydrogen-bond acceptors (Lipinski definition) is 4. The van der Waals surface area contributed by atoms with Gasteiger partial charge >= 0.3 is 0 Å². The minimum atomic E-state index is -1.20. The number of rotatable bonds is 2. The number of nitro groups is 2. The highest BCUT2D eigenvalue weighted by atomic mass is 35.5. The third-order valence-electron chi connectivity index (χ3n) is 5.93. The summed E-state index contributed by atoms with van der Waals surface area (Å²) in [5, 5.41) is 21.9. The molecule has 8 heteroatoms. The van der Waals surface area contributed by atoms with Crippen LogP contribution in [0.25, 0.3) is 0 Å². The van der Waals surface area contributed by atoms with Crippen LogP contribution in [0, 0.1) is 43.9 Å². The maximum atomic E-state index is 11.2. The van der Waals surface area contributed by atoms with Crippen molar-refractivity contribution in [1.29, 1.82) is 0 Å². The Morgan fingerprint density at radius 2 is 1.71 bits per heavy atom. The SMILES string of the molecule is CC1([N+](=O)[O-])C2C3C(Cl)C4(Cl)C1C2C34[N+](=O)[O-]. The van der Waals surface area contributed by atoms with Crippen LogP contribution >= 0.6 is 23.2 Å². The Bertz CT molecular complexity index is 515. The summed E-state index contributed by atoms with van der Waals surface area (Å²) in [4.78, 5) is 20.5. The highest BCUT2D eigenvalue weighted by Crippen LogP contribution is 2.94. The van der Waals surface area contributed by atoms with Crippen LogP contribution in [-0.4, -0.2) is 31.2 Å². The Hall–Kier alpha value is -0.620. The monoisotopic (exact) mass is 278 g/mol. The number of fused-ring (bicyclic) bond motifs is 2. The highest BCUT2D eigenvalue weighted by molar-refractivity contribution is 6.37. The first-order chi connectivity index (χ1) is 7.78. The molecule has 0 spiro atoms. The quantitative estimate of drug-likeness (QED) is 0.431. The van der Waals surface area contributed by atoms with Gasteiger partial charge in [-0.2, -0.15) is 0 Å². The molecule has 0 heterocycles. The number of nitrogens with zero attached hydrogens (tertiary/aromatic N) is 2. The maximum Gasteiger partial charge on any atom is 0.251 e. The number of alkyl halides is 2. The van der Waals surface area contributed by atoms with Crippen LogP contribution in [0.1, 0.15) is 6.92 Å². The van der Waals surface area contributed by atoms with Crippen LogP contribution in [-0.2, 0) is 0 Å². The standard InChI is InChI=1S/C9H8Cl2N2O4/c1-7(12(14)15)2-3-5(7)8(11)6(10)4(2)9(3,8)13(16)17/h2-6H,1H3. The van der Waals surface area contributed by atoms with Gasteiger partial charge in [-0.1, -0.05) is 0 Å². The summed E-state index contributed by atoms with van der Waals surface area (Å²) in [5.41, 5.74) is -2.27. The number of halogens is 2. The fourth-order valence-corrected chi connectivity index (χ4v) is 6.92. The zero-order valence-electron chi connectivity index (χ0n) is 8.67. The maximum absolute atomic E-state index is 11.2. The van der Waals surface area contributed by atoms with E-state index in [2.05, 4.69) is 0 Å². The largest absolute Gasteiger partial charge is 0.264 e. The second-order valence-electron chi connectivity index (χ2n) is 5.79. The molecule has 0 aromatic rings. The van der Waals surface area contributed by atoms with E-state index in [1.807, 2.05) is 0 Å². The minimum Gasteiger partial charge on any atom is -0.264 e. The molecule has 0 radical (unpaired) electrons. The first kappa shape index (κ1) is 10.3. The molecule has 4 fully saturated rings. The molecular weight excluding hydrogens is 271 g/mol. The van der Waals surface area contributed by atoms with Crippen molar-refractivity contribution < 1.29 is 9.85 Å². The van der Waals surface area contributed by atoms with Crippen molar-refractivity contribution in [3.8, 4) is 0 Å². The Balaban J connectivity index is 1.85. The number of hydrogen-bond donors (Lipinski definition) is 0. The lowest BCUT2D eigenvalue weighted by atomic mass is 9.11. The van der Waals surface area contributed by atoms with E-state index in [4.69, 9.17) is 23.2 Å². The first-order valence-electron chi connectivity index (χ1n) is 5.40. The highest BCUT2D eigenvalue weighted by Gasteiger charge is 3.13.